The number of ketones is 1. The summed E-state index contributed by atoms with van der Waals surface area (Å²) in [5.41, 5.74) is 8.20. The number of alkyl halides is 1. The van der Waals surface area contributed by atoms with Gasteiger partial charge in [-0.3, -0.25) is 14.5 Å². The molecule has 1 aromatic carbocycles. The lowest BCUT2D eigenvalue weighted by Crippen LogP contribution is -2.45. The summed E-state index contributed by atoms with van der Waals surface area (Å²) in [4.78, 5) is 25.9. The summed E-state index contributed by atoms with van der Waals surface area (Å²) >= 11 is 4.36. The summed E-state index contributed by atoms with van der Waals surface area (Å²) in [5, 5.41) is 11.3. The van der Waals surface area contributed by atoms with Crippen LogP contribution in [-0.4, -0.2) is 34.0 Å². The highest BCUT2D eigenvalue weighted by Gasteiger charge is 2.27. The summed E-state index contributed by atoms with van der Waals surface area (Å²) in [6.45, 7) is 3.86. The Kier molecular flexibility index (Phi) is 7.66. The fourth-order valence-corrected chi connectivity index (χ4v) is 3.69. The number of rotatable bonds is 8. The number of carbonyl (C=O) groups excluding carboxylic acids is 2. The van der Waals surface area contributed by atoms with Gasteiger partial charge in [0.05, 0.1) is 17.4 Å². The van der Waals surface area contributed by atoms with Gasteiger partial charge in [0, 0.05) is 16.5 Å². The molecule has 0 radical (unpaired) electrons. The van der Waals surface area contributed by atoms with Gasteiger partial charge in [-0.15, -0.1) is 0 Å². The molecule has 1 atom stereocenters. The Hall–Kier alpha value is -2.08. The van der Waals surface area contributed by atoms with Crippen LogP contribution in [0.3, 0.4) is 0 Å². The second-order valence-corrected chi connectivity index (χ2v) is 7.69. The molecule has 0 bridgehead atoms. The highest BCUT2D eigenvalue weighted by atomic mass is 79.9. The van der Waals surface area contributed by atoms with E-state index in [9.17, 15) is 14.9 Å². The Labute approximate surface area is 171 Å². The van der Waals surface area contributed by atoms with E-state index in [0.29, 0.717) is 17.8 Å². The number of amides is 1. The van der Waals surface area contributed by atoms with Crippen LogP contribution in [0.1, 0.15) is 30.6 Å². The predicted molar refractivity (Wildman–Crippen MR) is 111 cm³/mol. The van der Waals surface area contributed by atoms with Gasteiger partial charge in [0.2, 0.25) is 5.91 Å². The van der Waals surface area contributed by atoms with Crippen molar-refractivity contribution < 1.29 is 9.59 Å². The maximum absolute atomic E-state index is 12.8. The van der Waals surface area contributed by atoms with Crippen LogP contribution in [0.25, 0.3) is 11.1 Å². The van der Waals surface area contributed by atoms with Crippen LogP contribution in [0.15, 0.2) is 29.6 Å². The third-order valence-corrected chi connectivity index (χ3v) is 5.11. The Bertz CT molecular complexity index is 842. The molecule has 0 aliphatic carbocycles. The van der Waals surface area contributed by atoms with Crippen molar-refractivity contribution in [3.05, 3.63) is 35.2 Å². The molecule has 2 aromatic rings. The van der Waals surface area contributed by atoms with E-state index in [2.05, 4.69) is 20.3 Å². The third kappa shape index (κ3) is 5.22. The van der Waals surface area contributed by atoms with Gasteiger partial charge in [0.25, 0.3) is 0 Å². The fraction of sp³-hybridized carbons (Fsp3) is 0.368. The number of nitrogens with two attached hydrogens (primary N) is 1. The zero-order valence-corrected chi connectivity index (χ0v) is 17.6. The first-order valence-corrected chi connectivity index (χ1v) is 10.4. The molecule has 1 amide bonds. The van der Waals surface area contributed by atoms with Crippen molar-refractivity contribution in [1.29, 1.82) is 5.26 Å². The molecule has 0 aliphatic rings. The van der Waals surface area contributed by atoms with Gasteiger partial charge in [-0.2, -0.15) is 9.64 Å². The molecular weight excluding hydrogens is 428 g/mol. The first-order chi connectivity index (χ1) is 12.9. The smallest absolute Gasteiger partial charge is 0.246 e. The van der Waals surface area contributed by atoms with Crippen molar-refractivity contribution in [2.45, 2.75) is 26.3 Å². The molecule has 2 N–H and O–H groups in total. The quantitative estimate of drug-likeness (QED) is 0.377. The Balaban J connectivity index is 2.35. The monoisotopic (exact) mass is 448 g/mol. The number of hydrogen-bond acceptors (Lipinski definition) is 6. The lowest BCUT2D eigenvalue weighted by Gasteiger charge is -2.23. The minimum Gasteiger partial charge on any atom is -0.320 e. The molecule has 0 unspecified atom stereocenters. The molecule has 1 aromatic heterocycles. The molecule has 8 heteroatoms. The number of anilines is 1. The SMILES string of the molecule is CC(C)C[C@H](N)C(=O)N(CC#N)c1nscc1-c1ccc(C(=O)CBr)cc1. The minimum absolute atomic E-state index is 0.00818. The topological polar surface area (TPSA) is 100 Å². The summed E-state index contributed by atoms with van der Waals surface area (Å²) in [7, 11) is 0. The third-order valence-electron chi connectivity index (χ3n) is 3.98. The van der Waals surface area contributed by atoms with Crippen LogP contribution >= 0.6 is 27.5 Å². The van der Waals surface area contributed by atoms with Gasteiger partial charge in [0.1, 0.15) is 6.54 Å². The second kappa shape index (κ2) is 9.74. The molecule has 6 nitrogen and oxygen atoms in total. The molecule has 142 valence electrons. The largest absolute Gasteiger partial charge is 0.320 e. The molecule has 27 heavy (non-hydrogen) atoms. The number of benzene rings is 1. The van der Waals surface area contributed by atoms with Crippen LogP contribution in [0.5, 0.6) is 0 Å². The zero-order valence-electron chi connectivity index (χ0n) is 15.2. The van der Waals surface area contributed by atoms with E-state index in [-0.39, 0.29) is 29.5 Å². The molecule has 0 saturated heterocycles. The van der Waals surface area contributed by atoms with Crippen molar-refractivity contribution in [2.24, 2.45) is 11.7 Å². The molecule has 2 rings (SSSR count). The number of carbonyl (C=O) groups is 2. The highest BCUT2D eigenvalue weighted by Crippen LogP contribution is 2.32. The molecule has 0 aliphatic heterocycles. The Morgan fingerprint density at radius 2 is 2.00 bits per heavy atom. The Morgan fingerprint density at radius 1 is 1.33 bits per heavy atom. The molecule has 0 spiro atoms. The van der Waals surface area contributed by atoms with Crippen LogP contribution < -0.4 is 10.6 Å². The van der Waals surface area contributed by atoms with Gasteiger partial charge in [-0.25, -0.2) is 0 Å². The van der Waals surface area contributed by atoms with E-state index in [1.165, 1.54) is 16.4 Å². The van der Waals surface area contributed by atoms with Crippen molar-refractivity contribution in [1.82, 2.24) is 4.37 Å². The second-order valence-electron chi connectivity index (χ2n) is 6.50. The number of hydrogen-bond donors (Lipinski definition) is 1. The number of nitriles is 1. The van der Waals surface area contributed by atoms with E-state index in [1.807, 2.05) is 37.4 Å². The average molecular weight is 449 g/mol. The first kappa shape index (κ1) is 21.2. The average Bonchev–Trinajstić information content (AvgIpc) is 3.13. The summed E-state index contributed by atoms with van der Waals surface area (Å²) in [6.07, 6.45) is 0.531. The van der Waals surface area contributed by atoms with Gasteiger partial charge >= 0.3 is 0 Å². The van der Waals surface area contributed by atoms with E-state index in [0.717, 1.165) is 11.1 Å². The number of halogens is 1. The Morgan fingerprint density at radius 3 is 2.56 bits per heavy atom. The number of aromatic nitrogens is 1. The summed E-state index contributed by atoms with van der Waals surface area (Å²) < 4.78 is 4.33. The first-order valence-electron chi connectivity index (χ1n) is 8.46. The van der Waals surface area contributed by atoms with Crippen molar-refractivity contribution in [2.75, 3.05) is 16.8 Å². The van der Waals surface area contributed by atoms with Gasteiger partial charge in [0.15, 0.2) is 11.6 Å². The summed E-state index contributed by atoms with van der Waals surface area (Å²) in [5.74, 6) is 0.363. The van der Waals surface area contributed by atoms with Crippen LogP contribution in [0.4, 0.5) is 5.82 Å². The summed E-state index contributed by atoms with van der Waals surface area (Å²) in [6, 6.07) is 8.43. The lowest BCUT2D eigenvalue weighted by molar-refractivity contribution is -0.120. The standard InChI is InChI=1S/C19H21BrN4O2S/c1-12(2)9-16(22)19(26)24(8-7-21)18-15(11-27-23-18)13-3-5-14(6-4-13)17(25)10-20/h3-6,11-12,16H,8-10,22H2,1-2H3/t16-/m0/s1. The maximum atomic E-state index is 12.8. The van der Waals surface area contributed by atoms with E-state index >= 15 is 0 Å². The number of Topliss-reactive ketones (excluding diaryl/α,β-unsaturated/α-hetero) is 1. The van der Waals surface area contributed by atoms with Crippen LogP contribution in [-0.2, 0) is 4.79 Å². The highest BCUT2D eigenvalue weighted by molar-refractivity contribution is 9.09. The van der Waals surface area contributed by atoms with Crippen molar-refractivity contribution in [3.8, 4) is 17.2 Å². The van der Waals surface area contributed by atoms with Crippen LogP contribution in [0, 0.1) is 17.2 Å². The van der Waals surface area contributed by atoms with E-state index < -0.39 is 6.04 Å². The predicted octanol–water partition coefficient (Wildman–Crippen LogP) is 3.62. The minimum atomic E-state index is -0.688. The number of nitrogens with zero attached hydrogens (tertiary/aromatic N) is 3. The van der Waals surface area contributed by atoms with Crippen molar-refractivity contribution >= 4 is 45.0 Å². The molecule has 0 saturated carbocycles. The van der Waals surface area contributed by atoms with Gasteiger partial charge < -0.3 is 5.73 Å². The van der Waals surface area contributed by atoms with E-state index in [1.54, 1.807) is 12.1 Å². The fourth-order valence-electron chi connectivity index (χ4n) is 2.67. The molecule has 1 heterocycles. The van der Waals surface area contributed by atoms with E-state index in [4.69, 9.17) is 5.73 Å². The van der Waals surface area contributed by atoms with Gasteiger partial charge in [-0.05, 0) is 29.4 Å². The molecular formula is C19H21BrN4O2S. The maximum Gasteiger partial charge on any atom is 0.246 e. The van der Waals surface area contributed by atoms with Gasteiger partial charge in [-0.1, -0.05) is 54.0 Å². The normalized spacial score (nSPS) is 11.9. The lowest BCUT2D eigenvalue weighted by atomic mass is 10.0. The van der Waals surface area contributed by atoms with Crippen molar-refractivity contribution in [3.63, 3.8) is 0 Å². The molecule has 0 fully saturated rings. The zero-order chi connectivity index (χ0) is 20.0. The van der Waals surface area contributed by atoms with Crippen LogP contribution in [0.2, 0.25) is 0 Å².